The first-order chi connectivity index (χ1) is 14.2. The zero-order valence-electron chi connectivity index (χ0n) is 16.1. The summed E-state index contributed by atoms with van der Waals surface area (Å²) in [6.07, 6.45) is 4.11. The number of amides is 2. The molecule has 0 aliphatic carbocycles. The van der Waals surface area contributed by atoms with Crippen molar-refractivity contribution in [1.82, 2.24) is 30.8 Å². The Hall–Kier alpha value is -3.54. The molecule has 1 saturated heterocycles. The van der Waals surface area contributed by atoms with E-state index in [4.69, 9.17) is 28.8 Å². The minimum absolute atomic E-state index is 0.0573. The van der Waals surface area contributed by atoms with Crippen LogP contribution in [0.25, 0.3) is 0 Å². The van der Waals surface area contributed by atoms with Gasteiger partial charge in [0.15, 0.2) is 28.4 Å². The fourth-order valence-corrected chi connectivity index (χ4v) is 3.35. The molecule has 160 valence electrons. The molecule has 0 bridgehead atoms. The van der Waals surface area contributed by atoms with Crippen molar-refractivity contribution in [3.8, 4) is 0 Å². The number of hydrogen-bond donors (Lipinski definition) is 6. The van der Waals surface area contributed by atoms with Gasteiger partial charge in [0, 0.05) is 19.3 Å². The zero-order chi connectivity index (χ0) is 21.9. The Kier molecular flexibility index (Phi) is 5.96. The Labute approximate surface area is 177 Å². The highest BCUT2D eigenvalue weighted by Gasteiger charge is 2.40. The number of piperidine rings is 1. The first-order valence-corrected chi connectivity index (χ1v) is 9.47. The van der Waals surface area contributed by atoms with Gasteiger partial charge in [0.1, 0.15) is 5.70 Å². The molecule has 2 aliphatic heterocycles. The van der Waals surface area contributed by atoms with Gasteiger partial charge in [-0.2, -0.15) is 0 Å². The van der Waals surface area contributed by atoms with Crippen LogP contribution in [0.15, 0.2) is 29.7 Å². The average Bonchev–Trinajstić information content (AvgIpc) is 3.10. The van der Waals surface area contributed by atoms with Gasteiger partial charge >= 0.3 is 0 Å². The molecule has 12 nitrogen and oxygen atoms in total. The van der Waals surface area contributed by atoms with E-state index in [0.717, 1.165) is 0 Å². The summed E-state index contributed by atoms with van der Waals surface area (Å²) < 4.78 is 0. The second kappa shape index (κ2) is 8.45. The number of likely N-dealkylation sites (tertiary alicyclic amines) is 1. The van der Waals surface area contributed by atoms with Gasteiger partial charge in [0.25, 0.3) is 11.8 Å². The fourth-order valence-electron chi connectivity index (χ4n) is 3.22. The Balaban J connectivity index is 1.57. The molecule has 0 unspecified atom stereocenters. The molecule has 1 spiro atoms. The first kappa shape index (κ1) is 21.2. The standard InChI is InChI=1S/C17H23ClN10O2/c1-2-22-7-9(19)15(30)28-5-3-17(4-6-28)8-23-16(27-17)26-14(29)10-12(20)25-13(21)11(18)24-10/h2,7,22H,1,3-6,8,19H2,(H4,20,21,25)(H2,23,26,27,29)/b9-7-. The maximum Gasteiger partial charge on any atom is 0.280 e. The number of hydrogen-bond acceptors (Lipinski definition) is 10. The van der Waals surface area contributed by atoms with Crippen molar-refractivity contribution in [2.45, 2.75) is 18.4 Å². The number of carbonyl (C=O) groups is 2. The molecule has 1 fully saturated rings. The summed E-state index contributed by atoms with van der Waals surface area (Å²) in [6, 6.07) is 0. The monoisotopic (exact) mass is 434 g/mol. The van der Waals surface area contributed by atoms with Gasteiger partial charge in [-0.05, 0) is 19.0 Å². The van der Waals surface area contributed by atoms with Crippen molar-refractivity contribution in [2.24, 2.45) is 10.7 Å². The number of nitrogens with two attached hydrogens (primary N) is 3. The van der Waals surface area contributed by atoms with Crippen LogP contribution in [0.4, 0.5) is 11.6 Å². The van der Waals surface area contributed by atoms with Crippen LogP contribution in [0.3, 0.4) is 0 Å². The minimum atomic E-state index is -0.606. The van der Waals surface area contributed by atoms with Crippen molar-refractivity contribution in [1.29, 1.82) is 0 Å². The number of aliphatic imine (C=N–C) groups is 1. The number of anilines is 2. The van der Waals surface area contributed by atoms with Crippen LogP contribution in [0, 0.1) is 0 Å². The number of aromatic nitrogens is 2. The maximum atomic E-state index is 12.5. The molecule has 0 radical (unpaired) electrons. The smallest absolute Gasteiger partial charge is 0.280 e. The van der Waals surface area contributed by atoms with E-state index in [9.17, 15) is 9.59 Å². The van der Waals surface area contributed by atoms with Crippen molar-refractivity contribution in [3.63, 3.8) is 0 Å². The van der Waals surface area contributed by atoms with E-state index >= 15 is 0 Å². The Bertz CT molecular complexity index is 937. The summed E-state index contributed by atoms with van der Waals surface area (Å²) in [5.74, 6) is -0.751. The second-order valence-corrected chi connectivity index (χ2v) is 7.28. The number of guanidine groups is 1. The quantitative estimate of drug-likeness (QED) is 0.318. The SMILES string of the molecule is C=CN/C=C(\N)C(=O)N1CCC2(CC1)CN=C(NC(=O)c1nc(Cl)c(N)nc1N)N2. The average molecular weight is 435 g/mol. The van der Waals surface area contributed by atoms with Gasteiger partial charge in [-0.3, -0.25) is 19.9 Å². The largest absolute Gasteiger partial charge is 0.393 e. The summed E-state index contributed by atoms with van der Waals surface area (Å²) in [5.41, 5.74) is 16.6. The van der Waals surface area contributed by atoms with Crippen molar-refractivity contribution >= 4 is 41.0 Å². The minimum Gasteiger partial charge on any atom is -0.393 e. The summed E-state index contributed by atoms with van der Waals surface area (Å²) in [6.45, 7) is 4.95. The van der Waals surface area contributed by atoms with E-state index in [-0.39, 0.29) is 39.6 Å². The van der Waals surface area contributed by atoms with Gasteiger partial charge in [0.2, 0.25) is 0 Å². The lowest BCUT2D eigenvalue weighted by Crippen LogP contribution is -2.57. The highest BCUT2D eigenvalue weighted by molar-refractivity contribution is 6.31. The van der Waals surface area contributed by atoms with Crippen LogP contribution >= 0.6 is 11.6 Å². The summed E-state index contributed by atoms with van der Waals surface area (Å²) in [4.78, 5) is 38.5. The third kappa shape index (κ3) is 4.38. The predicted molar refractivity (Wildman–Crippen MR) is 113 cm³/mol. The van der Waals surface area contributed by atoms with Crippen LogP contribution in [0.5, 0.6) is 0 Å². The molecule has 30 heavy (non-hydrogen) atoms. The lowest BCUT2D eigenvalue weighted by atomic mass is 9.88. The number of carbonyl (C=O) groups excluding carboxylic acids is 2. The van der Waals surface area contributed by atoms with Crippen LogP contribution in [-0.2, 0) is 4.79 Å². The molecule has 3 rings (SSSR count). The lowest BCUT2D eigenvalue weighted by molar-refractivity contribution is -0.128. The third-order valence-corrected chi connectivity index (χ3v) is 5.16. The van der Waals surface area contributed by atoms with Crippen LogP contribution in [0.2, 0.25) is 5.15 Å². The van der Waals surface area contributed by atoms with Gasteiger partial charge < -0.3 is 32.7 Å². The Morgan fingerprint density at radius 2 is 1.93 bits per heavy atom. The molecule has 2 aliphatic rings. The molecule has 9 N–H and O–H groups in total. The number of nitrogens with one attached hydrogen (secondary N) is 3. The Morgan fingerprint density at radius 1 is 1.23 bits per heavy atom. The molecule has 0 aromatic carbocycles. The van der Waals surface area contributed by atoms with Crippen LogP contribution in [-0.4, -0.2) is 57.8 Å². The molecule has 3 heterocycles. The third-order valence-electron chi connectivity index (χ3n) is 4.89. The molecular formula is C17H23ClN10O2. The Morgan fingerprint density at radius 3 is 2.60 bits per heavy atom. The van der Waals surface area contributed by atoms with E-state index in [0.29, 0.717) is 38.4 Å². The first-order valence-electron chi connectivity index (χ1n) is 9.09. The zero-order valence-corrected chi connectivity index (χ0v) is 16.9. The van der Waals surface area contributed by atoms with Crippen LogP contribution < -0.4 is 33.2 Å². The predicted octanol–water partition coefficient (Wildman–Crippen LogP) is -1.12. The maximum absolute atomic E-state index is 12.5. The van der Waals surface area contributed by atoms with E-state index in [1.165, 1.54) is 12.4 Å². The summed E-state index contributed by atoms with van der Waals surface area (Å²) in [7, 11) is 0. The molecule has 13 heteroatoms. The summed E-state index contributed by atoms with van der Waals surface area (Å²) in [5, 5.41) is 8.44. The molecule has 0 atom stereocenters. The number of rotatable bonds is 4. The molecule has 2 amide bonds. The van der Waals surface area contributed by atoms with Crippen molar-refractivity contribution < 1.29 is 9.59 Å². The fraction of sp³-hybridized carbons (Fsp3) is 0.353. The molecule has 1 aromatic heterocycles. The van der Waals surface area contributed by atoms with Crippen molar-refractivity contribution in [3.05, 3.63) is 35.5 Å². The van der Waals surface area contributed by atoms with Crippen molar-refractivity contribution in [2.75, 3.05) is 31.1 Å². The molecule has 1 aromatic rings. The van der Waals surface area contributed by atoms with E-state index in [2.05, 4.69) is 37.5 Å². The number of nitrogen functional groups attached to an aromatic ring is 2. The van der Waals surface area contributed by atoms with Gasteiger partial charge in [-0.25, -0.2) is 9.97 Å². The van der Waals surface area contributed by atoms with Gasteiger partial charge in [0.05, 0.1) is 12.1 Å². The van der Waals surface area contributed by atoms with Gasteiger partial charge in [-0.15, -0.1) is 0 Å². The summed E-state index contributed by atoms with van der Waals surface area (Å²) >= 11 is 5.82. The number of halogens is 1. The van der Waals surface area contributed by atoms with Gasteiger partial charge in [-0.1, -0.05) is 18.2 Å². The normalized spacial score (nSPS) is 17.8. The lowest BCUT2D eigenvalue weighted by Gasteiger charge is -2.39. The highest BCUT2D eigenvalue weighted by atomic mass is 35.5. The molecule has 0 saturated carbocycles. The second-order valence-electron chi connectivity index (χ2n) is 6.92. The van der Waals surface area contributed by atoms with E-state index in [1.54, 1.807) is 4.90 Å². The number of nitrogens with zero attached hydrogens (tertiary/aromatic N) is 4. The van der Waals surface area contributed by atoms with E-state index < -0.39 is 5.91 Å². The molecular weight excluding hydrogens is 412 g/mol. The van der Waals surface area contributed by atoms with Crippen LogP contribution in [0.1, 0.15) is 23.3 Å². The highest BCUT2D eigenvalue weighted by Crippen LogP contribution is 2.26. The topological polar surface area (TPSA) is 190 Å². The van der Waals surface area contributed by atoms with E-state index in [1.807, 2.05) is 0 Å².